The summed E-state index contributed by atoms with van der Waals surface area (Å²) in [5.74, 6) is 0.973. The molecule has 2 atom stereocenters. The molecule has 88 valence electrons. The molecule has 15 heavy (non-hydrogen) atoms. The molecule has 2 nitrogen and oxygen atoms in total. The lowest BCUT2D eigenvalue weighted by molar-refractivity contribution is 0.0242. The minimum atomic E-state index is 0.296. The summed E-state index contributed by atoms with van der Waals surface area (Å²) in [4.78, 5) is 2.72. The van der Waals surface area contributed by atoms with Crippen molar-refractivity contribution in [3.63, 3.8) is 0 Å². The van der Waals surface area contributed by atoms with Gasteiger partial charge in [0.1, 0.15) is 0 Å². The van der Waals surface area contributed by atoms with E-state index in [9.17, 15) is 0 Å². The maximum absolute atomic E-state index is 3.63. The Hall–Kier alpha value is -0.0800. The van der Waals surface area contributed by atoms with E-state index in [2.05, 4.69) is 37.9 Å². The fourth-order valence-corrected chi connectivity index (χ4v) is 2.95. The molecule has 0 aromatic rings. The van der Waals surface area contributed by atoms with Crippen molar-refractivity contribution in [1.82, 2.24) is 10.2 Å². The molecule has 0 amide bonds. The van der Waals surface area contributed by atoms with Crippen molar-refractivity contribution in [2.24, 2.45) is 5.92 Å². The second-order valence-electron chi connectivity index (χ2n) is 6.22. The van der Waals surface area contributed by atoms with Gasteiger partial charge in [0.25, 0.3) is 0 Å². The summed E-state index contributed by atoms with van der Waals surface area (Å²) in [6.07, 6.45) is 4.37. The second-order valence-corrected chi connectivity index (χ2v) is 6.22. The Labute approximate surface area is 94.4 Å². The molecule has 2 rings (SSSR count). The lowest BCUT2D eigenvalue weighted by atomic mass is 9.78. The molecule has 1 saturated heterocycles. The van der Waals surface area contributed by atoms with Gasteiger partial charge in [0, 0.05) is 30.7 Å². The van der Waals surface area contributed by atoms with Crippen molar-refractivity contribution in [2.45, 2.75) is 64.6 Å². The van der Waals surface area contributed by atoms with E-state index in [1.165, 1.54) is 25.8 Å². The number of piperazine rings is 1. The molecule has 1 saturated carbocycles. The van der Waals surface area contributed by atoms with Crippen LogP contribution in [0.15, 0.2) is 0 Å². The van der Waals surface area contributed by atoms with Gasteiger partial charge in [-0.3, -0.25) is 4.90 Å². The number of nitrogens with one attached hydrogen (secondary N) is 1. The number of rotatable bonds is 2. The van der Waals surface area contributed by atoms with Crippen LogP contribution in [0, 0.1) is 5.92 Å². The zero-order valence-corrected chi connectivity index (χ0v) is 10.7. The van der Waals surface area contributed by atoms with Crippen LogP contribution in [0.1, 0.15) is 47.0 Å². The van der Waals surface area contributed by atoms with Gasteiger partial charge in [-0.25, -0.2) is 0 Å². The van der Waals surface area contributed by atoms with Crippen LogP contribution < -0.4 is 5.32 Å². The fraction of sp³-hybridized carbons (Fsp3) is 1.00. The van der Waals surface area contributed by atoms with E-state index in [1.807, 2.05) is 0 Å². The molecule has 1 aliphatic heterocycles. The van der Waals surface area contributed by atoms with Gasteiger partial charge in [-0.05, 0) is 46.5 Å². The van der Waals surface area contributed by atoms with Gasteiger partial charge < -0.3 is 5.32 Å². The van der Waals surface area contributed by atoms with E-state index < -0.39 is 0 Å². The average molecular weight is 210 g/mol. The number of hydrogen-bond acceptors (Lipinski definition) is 2. The Morgan fingerprint density at radius 1 is 1.33 bits per heavy atom. The third-order valence-corrected chi connectivity index (χ3v) is 4.38. The third-order valence-electron chi connectivity index (χ3n) is 4.38. The van der Waals surface area contributed by atoms with E-state index in [-0.39, 0.29) is 0 Å². The monoisotopic (exact) mass is 210 g/mol. The number of nitrogens with zero attached hydrogens (tertiary/aromatic N) is 1. The predicted octanol–water partition coefficient (Wildman–Crippen LogP) is 2.25. The van der Waals surface area contributed by atoms with Crippen LogP contribution in [0.25, 0.3) is 0 Å². The third kappa shape index (κ3) is 2.36. The van der Waals surface area contributed by atoms with Crippen molar-refractivity contribution in [3.8, 4) is 0 Å². The van der Waals surface area contributed by atoms with Crippen LogP contribution in [-0.4, -0.2) is 35.6 Å². The van der Waals surface area contributed by atoms with Crippen LogP contribution >= 0.6 is 0 Å². The molecule has 2 aliphatic rings. The molecular weight excluding hydrogens is 184 g/mol. The zero-order chi connectivity index (χ0) is 11.1. The van der Waals surface area contributed by atoms with E-state index in [1.54, 1.807) is 0 Å². The minimum Gasteiger partial charge on any atom is -0.309 e. The van der Waals surface area contributed by atoms with Crippen molar-refractivity contribution < 1.29 is 0 Å². The summed E-state index contributed by atoms with van der Waals surface area (Å²) in [5.41, 5.74) is 0.296. The Kier molecular flexibility index (Phi) is 3.09. The maximum Gasteiger partial charge on any atom is 0.0253 e. The number of hydrogen-bond donors (Lipinski definition) is 1. The Balaban J connectivity index is 1.98. The highest BCUT2D eigenvalue weighted by atomic mass is 15.3. The maximum atomic E-state index is 3.63. The molecule has 2 heteroatoms. The van der Waals surface area contributed by atoms with Crippen LogP contribution in [-0.2, 0) is 0 Å². The molecule has 1 heterocycles. The molecule has 0 spiro atoms. The molecule has 0 bridgehead atoms. The van der Waals surface area contributed by atoms with Crippen molar-refractivity contribution in [3.05, 3.63) is 0 Å². The SMILES string of the molecule is CC1CNC(C)(C)CN1C(C)C1CCC1. The first-order valence-corrected chi connectivity index (χ1v) is 6.50. The summed E-state index contributed by atoms with van der Waals surface area (Å²) in [6.45, 7) is 11.8. The molecule has 0 aromatic heterocycles. The van der Waals surface area contributed by atoms with Gasteiger partial charge in [0.15, 0.2) is 0 Å². The first-order valence-electron chi connectivity index (χ1n) is 6.50. The van der Waals surface area contributed by atoms with Crippen LogP contribution in [0.5, 0.6) is 0 Å². The first-order chi connectivity index (χ1) is 6.99. The second kappa shape index (κ2) is 4.06. The smallest absolute Gasteiger partial charge is 0.0253 e. The fourth-order valence-electron chi connectivity index (χ4n) is 2.95. The summed E-state index contributed by atoms with van der Waals surface area (Å²) in [7, 11) is 0. The average Bonchev–Trinajstić information content (AvgIpc) is 2.06. The van der Waals surface area contributed by atoms with Crippen molar-refractivity contribution >= 4 is 0 Å². The van der Waals surface area contributed by atoms with Gasteiger partial charge in [-0.1, -0.05) is 6.42 Å². The molecule has 2 fully saturated rings. The highest BCUT2D eigenvalue weighted by Crippen LogP contribution is 2.34. The van der Waals surface area contributed by atoms with E-state index in [4.69, 9.17) is 0 Å². The predicted molar refractivity (Wildman–Crippen MR) is 65.1 cm³/mol. The van der Waals surface area contributed by atoms with Gasteiger partial charge in [-0.15, -0.1) is 0 Å². The summed E-state index contributed by atoms with van der Waals surface area (Å²) in [5, 5.41) is 3.63. The highest BCUT2D eigenvalue weighted by Gasteiger charge is 2.36. The van der Waals surface area contributed by atoms with E-state index in [0.717, 1.165) is 18.5 Å². The van der Waals surface area contributed by atoms with Crippen LogP contribution in [0.3, 0.4) is 0 Å². The Morgan fingerprint density at radius 3 is 2.53 bits per heavy atom. The quantitative estimate of drug-likeness (QED) is 0.752. The lowest BCUT2D eigenvalue weighted by Crippen LogP contribution is -2.63. The summed E-state index contributed by atoms with van der Waals surface area (Å²) >= 11 is 0. The standard InChI is InChI=1S/C13H26N2/c1-10-8-14-13(3,4)9-15(10)11(2)12-6-5-7-12/h10-12,14H,5-9H2,1-4H3. The van der Waals surface area contributed by atoms with Gasteiger partial charge in [0.05, 0.1) is 0 Å². The highest BCUT2D eigenvalue weighted by molar-refractivity contribution is 4.95. The van der Waals surface area contributed by atoms with Gasteiger partial charge in [-0.2, -0.15) is 0 Å². The van der Waals surface area contributed by atoms with Crippen molar-refractivity contribution in [1.29, 1.82) is 0 Å². The lowest BCUT2D eigenvalue weighted by Gasteiger charge is -2.49. The van der Waals surface area contributed by atoms with Gasteiger partial charge in [0.2, 0.25) is 0 Å². The Morgan fingerprint density at radius 2 is 2.00 bits per heavy atom. The van der Waals surface area contributed by atoms with E-state index in [0.29, 0.717) is 11.6 Å². The van der Waals surface area contributed by atoms with Crippen LogP contribution in [0.4, 0.5) is 0 Å². The largest absolute Gasteiger partial charge is 0.309 e. The van der Waals surface area contributed by atoms with Crippen LogP contribution in [0.2, 0.25) is 0 Å². The molecule has 0 radical (unpaired) electrons. The van der Waals surface area contributed by atoms with E-state index >= 15 is 0 Å². The summed E-state index contributed by atoms with van der Waals surface area (Å²) < 4.78 is 0. The summed E-state index contributed by atoms with van der Waals surface area (Å²) in [6, 6.07) is 1.49. The Bertz CT molecular complexity index is 221. The van der Waals surface area contributed by atoms with Crippen molar-refractivity contribution in [2.75, 3.05) is 13.1 Å². The molecule has 2 unspecified atom stereocenters. The topological polar surface area (TPSA) is 15.3 Å². The zero-order valence-electron chi connectivity index (χ0n) is 10.7. The van der Waals surface area contributed by atoms with Gasteiger partial charge >= 0.3 is 0 Å². The normalized spacial score (nSPS) is 34.8. The minimum absolute atomic E-state index is 0.296. The molecule has 1 aliphatic carbocycles. The molecule has 1 N–H and O–H groups in total. The molecular formula is C13H26N2. The first kappa shape index (κ1) is 11.4. The molecule has 0 aromatic carbocycles.